The second-order valence-corrected chi connectivity index (χ2v) is 9.45. The number of aromatic nitrogens is 3. The lowest BCUT2D eigenvalue weighted by Gasteiger charge is -2.17. The number of hydrogen-bond donors (Lipinski definition) is 1. The van der Waals surface area contributed by atoms with Crippen LogP contribution in [0.15, 0.2) is 28.8 Å². The molecule has 0 bridgehead atoms. The van der Waals surface area contributed by atoms with E-state index in [1.54, 1.807) is 13.8 Å². The van der Waals surface area contributed by atoms with Gasteiger partial charge in [0.1, 0.15) is 10.4 Å². The predicted octanol–water partition coefficient (Wildman–Crippen LogP) is 3.62. The monoisotopic (exact) mass is 347 g/mol. The molecule has 2 aromatic heterocycles. The second-order valence-electron chi connectivity index (χ2n) is 6.89. The van der Waals surface area contributed by atoms with Gasteiger partial charge in [-0.3, -0.25) is 0 Å². The minimum Gasteiger partial charge on any atom is -0.351 e. The zero-order valence-corrected chi connectivity index (χ0v) is 15.2. The van der Waals surface area contributed by atoms with Gasteiger partial charge in [-0.1, -0.05) is 31.1 Å². The summed E-state index contributed by atoms with van der Waals surface area (Å²) >= 11 is 0. The minimum atomic E-state index is -3.36. The summed E-state index contributed by atoms with van der Waals surface area (Å²) in [4.78, 5) is 7.55. The maximum atomic E-state index is 11.9. The Kier molecular flexibility index (Phi) is 3.79. The number of fused-ring (bicyclic) bond motifs is 1. The van der Waals surface area contributed by atoms with E-state index < -0.39 is 14.6 Å². The molecule has 1 N–H and O–H groups in total. The average Bonchev–Trinajstić information content (AvgIpc) is 3.11. The third kappa shape index (κ3) is 2.73. The Hall–Kier alpha value is -2.15. The summed E-state index contributed by atoms with van der Waals surface area (Å²) in [6.07, 6.45) is 1.17. The van der Waals surface area contributed by atoms with E-state index in [4.69, 9.17) is 4.52 Å². The zero-order chi connectivity index (χ0) is 17.7. The number of sulfone groups is 1. The van der Waals surface area contributed by atoms with E-state index in [9.17, 15) is 8.42 Å². The van der Waals surface area contributed by atoms with Gasteiger partial charge in [-0.05, 0) is 37.5 Å². The fourth-order valence-corrected chi connectivity index (χ4v) is 2.78. The molecular formula is C17H21N3O3S. The SMILES string of the molecule is CC(C)c1ccc2cc(-c3nc(C(C)(C)S(C)(=O)=O)no3)[nH]c2c1. The summed E-state index contributed by atoms with van der Waals surface area (Å²) in [5, 5.41) is 4.90. The molecule has 24 heavy (non-hydrogen) atoms. The van der Waals surface area contributed by atoms with Gasteiger partial charge in [0.2, 0.25) is 0 Å². The number of hydrogen-bond acceptors (Lipinski definition) is 5. The molecule has 0 fully saturated rings. The number of rotatable bonds is 4. The van der Waals surface area contributed by atoms with Crippen LogP contribution in [0.2, 0.25) is 0 Å². The van der Waals surface area contributed by atoms with Gasteiger partial charge in [-0.15, -0.1) is 0 Å². The molecule has 6 nitrogen and oxygen atoms in total. The first-order valence-corrected chi connectivity index (χ1v) is 9.65. The van der Waals surface area contributed by atoms with Crippen molar-refractivity contribution in [2.75, 3.05) is 6.26 Å². The van der Waals surface area contributed by atoms with Crippen LogP contribution in [0.3, 0.4) is 0 Å². The number of nitrogens with zero attached hydrogens (tertiary/aromatic N) is 2. The van der Waals surface area contributed by atoms with Crippen LogP contribution < -0.4 is 0 Å². The number of nitrogens with one attached hydrogen (secondary N) is 1. The van der Waals surface area contributed by atoms with Crippen molar-refractivity contribution in [1.82, 2.24) is 15.1 Å². The van der Waals surface area contributed by atoms with E-state index in [1.807, 2.05) is 12.1 Å². The maximum absolute atomic E-state index is 11.9. The Labute approximate surface area is 141 Å². The lowest BCUT2D eigenvalue weighted by molar-refractivity contribution is 0.412. The van der Waals surface area contributed by atoms with Crippen molar-refractivity contribution in [2.24, 2.45) is 0 Å². The summed E-state index contributed by atoms with van der Waals surface area (Å²) in [5.74, 6) is 0.872. The van der Waals surface area contributed by atoms with Crippen molar-refractivity contribution in [1.29, 1.82) is 0 Å². The molecule has 0 radical (unpaired) electrons. The van der Waals surface area contributed by atoms with Crippen molar-refractivity contribution >= 4 is 20.7 Å². The molecule has 0 spiro atoms. The van der Waals surface area contributed by atoms with Crippen LogP contribution in [0, 0.1) is 0 Å². The number of aromatic amines is 1. The first-order chi connectivity index (χ1) is 11.1. The van der Waals surface area contributed by atoms with Gasteiger partial charge >= 0.3 is 0 Å². The van der Waals surface area contributed by atoms with Crippen molar-refractivity contribution in [3.63, 3.8) is 0 Å². The standard InChI is InChI=1S/C17H21N3O3S/c1-10(2)11-6-7-12-9-14(18-13(12)8-11)15-19-16(20-23-15)17(3,4)24(5,21)22/h6-10,18H,1-5H3. The Morgan fingerprint density at radius 2 is 1.92 bits per heavy atom. The molecule has 0 saturated carbocycles. The summed E-state index contributed by atoms with van der Waals surface area (Å²) in [5.41, 5.74) is 2.90. The smallest absolute Gasteiger partial charge is 0.274 e. The van der Waals surface area contributed by atoms with Crippen LogP contribution >= 0.6 is 0 Å². The largest absolute Gasteiger partial charge is 0.351 e. The Bertz CT molecular complexity index is 997. The molecule has 128 valence electrons. The van der Waals surface area contributed by atoms with E-state index in [1.165, 1.54) is 11.8 Å². The molecule has 0 unspecified atom stereocenters. The first-order valence-electron chi connectivity index (χ1n) is 7.76. The quantitative estimate of drug-likeness (QED) is 0.778. The van der Waals surface area contributed by atoms with Gasteiger partial charge in [0, 0.05) is 17.2 Å². The van der Waals surface area contributed by atoms with Gasteiger partial charge in [-0.25, -0.2) is 8.42 Å². The van der Waals surface area contributed by atoms with Crippen molar-refractivity contribution in [3.05, 3.63) is 35.7 Å². The first kappa shape index (κ1) is 16.7. The second kappa shape index (κ2) is 5.44. The summed E-state index contributed by atoms with van der Waals surface area (Å²) in [7, 11) is -3.36. The van der Waals surface area contributed by atoms with Crippen molar-refractivity contribution in [2.45, 2.75) is 38.4 Å². The van der Waals surface area contributed by atoms with Crippen molar-refractivity contribution in [3.8, 4) is 11.6 Å². The third-order valence-electron chi connectivity index (χ3n) is 4.44. The molecule has 2 heterocycles. The summed E-state index contributed by atoms with van der Waals surface area (Å²) < 4.78 is 27.9. The van der Waals surface area contributed by atoms with E-state index in [-0.39, 0.29) is 11.7 Å². The summed E-state index contributed by atoms with van der Waals surface area (Å²) in [6, 6.07) is 8.16. The molecule has 0 atom stereocenters. The highest BCUT2D eigenvalue weighted by atomic mass is 32.2. The predicted molar refractivity (Wildman–Crippen MR) is 93.5 cm³/mol. The topological polar surface area (TPSA) is 88.8 Å². The molecule has 7 heteroatoms. The highest BCUT2D eigenvalue weighted by Crippen LogP contribution is 2.30. The van der Waals surface area contributed by atoms with Crippen LogP contribution in [-0.2, 0) is 14.6 Å². The van der Waals surface area contributed by atoms with E-state index in [0.717, 1.165) is 10.9 Å². The molecule has 0 aliphatic carbocycles. The Morgan fingerprint density at radius 1 is 1.21 bits per heavy atom. The lowest BCUT2D eigenvalue weighted by atomic mass is 10.0. The van der Waals surface area contributed by atoms with E-state index in [2.05, 4.69) is 41.1 Å². The van der Waals surface area contributed by atoms with Gasteiger partial charge in [0.25, 0.3) is 5.89 Å². The number of H-pyrrole nitrogens is 1. The molecule has 0 amide bonds. The third-order valence-corrected chi connectivity index (χ3v) is 6.47. The fourth-order valence-electron chi connectivity index (χ4n) is 2.36. The fraction of sp³-hybridized carbons (Fsp3) is 0.412. The molecule has 3 aromatic rings. The van der Waals surface area contributed by atoms with Crippen LogP contribution in [0.5, 0.6) is 0 Å². The summed E-state index contributed by atoms with van der Waals surface area (Å²) in [6.45, 7) is 7.42. The van der Waals surface area contributed by atoms with Crippen LogP contribution in [0.25, 0.3) is 22.5 Å². The molecule has 0 aliphatic rings. The normalized spacial score (nSPS) is 13.1. The highest BCUT2D eigenvalue weighted by molar-refractivity contribution is 7.91. The lowest BCUT2D eigenvalue weighted by Crippen LogP contribution is -2.29. The van der Waals surface area contributed by atoms with Crippen molar-refractivity contribution < 1.29 is 12.9 Å². The van der Waals surface area contributed by atoms with E-state index in [0.29, 0.717) is 11.6 Å². The Morgan fingerprint density at radius 3 is 2.54 bits per heavy atom. The maximum Gasteiger partial charge on any atom is 0.274 e. The molecular weight excluding hydrogens is 326 g/mol. The van der Waals surface area contributed by atoms with Crippen LogP contribution in [0.4, 0.5) is 0 Å². The minimum absolute atomic E-state index is 0.154. The number of benzene rings is 1. The highest BCUT2D eigenvalue weighted by Gasteiger charge is 2.37. The average molecular weight is 347 g/mol. The van der Waals surface area contributed by atoms with Gasteiger partial charge in [-0.2, -0.15) is 4.98 Å². The van der Waals surface area contributed by atoms with Gasteiger partial charge in [0.15, 0.2) is 15.7 Å². The molecule has 1 aromatic carbocycles. The molecule has 0 aliphatic heterocycles. The molecule has 0 saturated heterocycles. The van der Waals surface area contributed by atoms with Gasteiger partial charge < -0.3 is 9.51 Å². The molecule has 3 rings (SSSR count). The zero-order valence-electron chi connectivity index (χ0n) is 14.4. The van der Waals surface area contributed by atoms with E-state index >= 15 is 0 Å². The van der Waals surface area contributed by atoms with Crippen LogP contribution in [0.1, 0.15) is 45.0 Å². The Balaban J connectivity index is 2.03. The van der Waals surface area contributed by atoms with Gasteiger partial charge in [0.05, 0.1) is 0 Å². The van der Waals surface area contributed by atoms with Crippen LogP contribution in [-0.4, -0.2) is 29.8 Å².